The number of rotatable bonds is 9. The van der Waals surface area contributed by atoms with E-state index in [-0.39, 0.29) is 0 Å². The summed E-state index contributed by atoms with van der Waals surface area (Å²) >= 11 is 0. The van der Waals surface area contributed by atoms with E-state index in [2.05, 4.69) is 89.8 Å². The summed E-state index contributed by atoms with van der Waals surface area (Å²) < 4.78 is 6.36. The third-order valence-corrected chi connectivity index (χ3v) is 8.52. The van der Waals surface area contributed by atoms with Gasteiger partial charge in [-0.25, -0.2) is 0 Å². The quantitative estimate of drug-likeness (QED) is 0.304. The molecule has 0 amide bonds. The number of fused-ring (bicyclic) bond motifs is 4. The highest BCUT2D eigenvalue weighted by atomic mass is 16.5. The van der Waals surface area contributed by atoms with Gasteiger partial charge in [0.25, 0.3) is 0 Å². The molecule has 0 bridgehead atoms. The van der Waals surface area contributed by atoms with E-state index in [0.29, 0.717) is 18.4 Å². The van der Waals surface area contributed by atoms with Gasteiger partial charge in [-0.1, -0.05) is 104 Å². The minimum atomic E-state index is 0.509. The van der Waals surface area contributed by atoms with Crippen LogP contribution in [0.1, 0.15) is 89.0 Å². The Kier molecular flexibility index (Phi) is 8.37. The molecular weight excluding hydrogens is 424 g/mol. The van der Waals surface area contributed by atoms with Gasteiger partial charge < -0.3 is 4.74 Å². The van der Waals surface area contributed by atoms with Gasteiger partial charge in [-0.2, -0.15) is 0 Å². The van der Waals surface area contributed by atoms with Crippen LogP contribution in [0.3, 0.4) is 0 Å². The van der Waals surface area contributed by atoms with Gasteiger partial charge >= 0.3 is 0 Å². The van der Waals surface area contributed by atoms with Gasteiger partial charge in [0.05, 0.1) is 0 Å². The summed E-state index contributed by atoms with van der Waals surface area (Å²) in [7, 11) is 0. The summed E-state index contributed by atoms with van der Waals surface area (Å²) in [5.41, 5.74) is 10.6. The number of ether oxygens (including phenoxy) is 1. The van der Waals surface area contributed by atoms with Crippen LogP contribution in [0.25, 0.3) is 16.7 Å². The summed E-state index contributed by atoms with van der Waals surface area (Å²) in [5, 5.41) is 0. The smallest absolute Gasteiger partial charge is 0.128 e. The molecule has 35 heavy (non-hydrogen) atoms. The van der Waals surface area contributed by atoms with Crippen molar-refractivity contribution in [3.05, 3.63) is 83.0 Å². The van der Waals surface area contributed by atoms with Crippen LogP contribution in [0.5, 0.6) is 5.75 Å². The van der Waals surface area contributed by atoms with Crippen LogP contribution >= 0.6 is 0 Å². The molecule has 1 nitrogen and oxygen atoms in total. The first-order valence-electron chi connectivity index (χ1n) is 13.9. The number of hydrogen-bond acceptors (Lipinski definition) is 1. The average Bonchev–Trinajstić information content (AvgIpc) is 3.25. The Morgan fingerprint density at radius 3 is 2.46 bits per heavy atom. The molecule has 3 atom stereocenters. The lowest BCUT2D eigenvalue weighted by molar-refractivity contribution is 0.357. The standard InChI is InChI=1S/C34H44O/c1-7-10-11-26(9-3)18-27-13-15-31-29(19-27)20-30-21-32-24(5)12-14-28(25(6)23(4)8-2)16-17-35-34(32)22-33(30)31/h12-16,19,21-23,25-26H,5,7-11,17-18,20H2,1-4,6H3/b14-12-,28-16+/t23?,25-,26?/m0/s1. The molecule has 1 aliphatic carbocycles. The van der Waals surface area contributed by atoms with Crippen molar-refractivity contribution in [2.24, 2.45) is 17.8 Å². The van der Waals surface area contributed by atoms with Crippen LogP contribution in [0.4, 0.5) is 0 Å². The van der Waals surface area contributed by atoms with Crippen LogP contribution in [0, 0.1) is 17.8 Å². The molecule has 0 fully saturated rings. The van der Waals surface area contributed by atoms with Crippen molar-refractivity contribution in [2.45, 2.75) is 79.6 Å². The number of unbranched alkanes of at least 4 members (excludes halogenated alkanes) is 1. The van der Waals surface area contributed by atoms with Crippen molar-refractivity contribution >= 4 is 5.57 Å². The van der Waals surface area contributed by atoms with E-state index in [0.717, 1.165) is 29.2 Å². The lowest BCUT2D eigenvalue weighted by Crippen LogP contribution is -2.09. The van der Waals surface area contributed by atoms with E-state index in [4.69, 9.17) is 4.74 Å². The number of allylic oxidation sites excluding steroid dienone is 4. The third-order valence-electron chi connectivity index (χ3n) is 8.52. The average molecular weight is 469 g/mol. The first-order valence-corrected chi connectivity index (χ1v) is 13.9. The van der Waals surface area contributed by atoms with E-state index in [1.807, 2.05) is 0 Å². The zero-order valence-electron chi connectivity index (χ0n) is 22.6. The van der Waals surface area contributed by atoms with Crippen molar-refractivity contribution in [3.8, 4) is 16.9 Å². The van der Waals surface area contributed by atoms with E-state index in [1.54, 1.807) is 0 Å². The first-order chi connectivity index (χ1) is 16.9. The fourth-order valence-electron chi connectivity index (χ4n) is 5.66. The highest BCUT2D eigenvalue weighted by molar-refractivity contribution is 5.84. The Hall–Kier alpha value is -2.54. The molecule has 2 unspecified atom stereocenters. The minimum absolute atomic E-state index is 0.509. The maximum absolute atomic E-state index is 6.36. The van der Waals surface area contributed by atoms with E-state index >= 15 is 0 Å². The Bertz CT molecular complexity index is 1120. The molecular formula is C34H44O. The molecule has 4 rings (SSSR count). The van der Waals surface area contributed by atoms with E-state index < -0.39 is 0 Å². The fourth-order valence-corrected chi connectivity index (χ4v) is 5.66. The van der Waals surface area contributed by atoms with Gasteiger partial charge in [0, 0.05) is 5.56 Å². The molecule has 0 spiro atoms. The van der Waals surface area contributed by atoms with E-state index in [1.165, 1.54) is 71.9 Å². The lowest BCUT2D eigenvalue weighted by atomic mass is 9.86. The Labute approximate surface area is 214 Å². The zero-order valence-corrected chi connectivity index (χ0v) is 22.6. The Morgan fingerprint density at radius 2 is 1.71 bits per heavy atom. The van der Waals surface area contributed by atoms with Crippen molar-refractivity contribution in [1.82, 2.24) is 0 Å². The summed E-state index contributed by atoms with van der Waals surface area (Å²) in [6.45, 7) is 16.6. The molecule has 1 aliphatic heterocycles. The second-order valence-corrected chi connectivity index (χ2v) is 10.8. The van der Waals surface area contributed by atoms with Gasteiger partial charge in [0.15, 0.2) is 0 Å². The van der Waals surface area contributed by atoms with Crippen LogP contribution in [0.2, 0.25) is 0 Å². The molecule has 1 heterocycles. The summed E-state index contributed by atoms with van der Waals surface area (Å²) in [5.74, 6) is 2.90. The lowest BCUT2D eigenvalue weighted by Gasteiger charge is -2.19. The van der Waals surface area contributed by atoms with Crippen LogP contribution < -0.4 is 4.74 Å². The van der Waals surface area contributed by atoms with E-state index in [9.17, 15) is 0 Å². The Balaban J connectivity index is 1.58. The van der Waals surface area contributed by atoms with Gasteiger partial charge in [0.2, 0.25) is 0 Å². The molecule has 0 aromatic heterocycles. The van der Waals surface area contributed by atoms with Gasteiger partial charge in [-0.3, -0.25) is 0 Å². The van der Waals surface area contributed by atoms with Crippen molar-refractivity contribution in [2.75, 3.05) is 6.61 Å². The normalized spacial score (nSPS) is 19.6. The second-order valence-electron chi connectivity index (χ2n) is 10.8. The van der Waals surface area contributed by atoms with Crippen LogP contribution in [-0.2, 0) is 12.8 Å². The third kappa shape index (κ3) is 5.66. The first kappa shape index (κ1) is 25.5. The van der Waals surface area contributed by atoms with Gasteiger partial charge in [0.1, 0.15) is 12.4 Å². The largest absolute Gasteiger partial charge is 0.489 e. The molecule has 0 N–H and O–H groups in total. The SMILES string of the molecule is C=C1/C=C\C([C@@H](C)C(C)CC)=C/COc2cc3c(cc21)Cc1cc(CC(CC)CCCC)ccc1-3. The monoisotopic (exact) mass is 468 g/mol. The zero-order chi connectivity index (χ0) is 24.9. The topological polar surface area (TPSA) is 9.23 Å². The number of hydrogen-bond donors (Lipinski definition) is 0. The Morgan fingerprint density at radius 1 is 0.914 bits per heavy atom. The molecule has 0 saturated carbocycles. The van der Waals surface area contributed by atoms with Crippen molar-refractivity contribution in [3.63, 3.8) is 0 Å². The predicted molar refractivity (Wildman–Crippen MR) is 152 cm³/mol. The molecule has 186 valence electrons. The maximum Gasteiger partial charge on any atom is 0.128 e. The number of benzene rings is 2. The molecule has 2 aromatic carbocycles. The highest BCUT2D eigenvalue weighted by Gasteiger charge is 2.23. The summed E-state index contributed by atoms with van der Waals surface area (Å²) in [4.78, 5) is 0. The highest BCUT2D eigenvalue weighted by Crippen LogP contribution is 2.43. The van der Waals surface area contributed by atoms with Crippen molar-refractivity contribution < 1.29 is 4.74 Å². The van der Waals surface area contributed by atoms with Crippen molar-refractivity contribution in [1.29, 1.82) is 0 Å². The second kappa shape index (κ2) is 11.5. The molecule has 1 heteroatoms. The van der Waals surface area contributed by atoms with Crippen LogP contribution in [0.15, 0.2) is 60.7 Å². The van der Waals surface area contributed by atoms with Gasteiger partial charge in [-0.05, 0) is 87.8 Å². The molecule has 0 saturated heterocycles. The molecule has 0 radical (unpaired) electrons. The fraction of sp³-hybridized carbons (Fsp3) is 0.471. The molecule has 2 aliphatic rings. The maximum atomic E-state index is 6.36. The predicted octanol–water partition coefficient (Wildman–Crippen LogP) is 9.59. The summed E-state index contributed by atoms with van der Waals surface area (Å²) in [6.07, 6.45) is 15.3. The van der Waals surface area contributed by atoms with Gasteiger partial charge in [-0.15, -0.1) is 0 Å². The minimum Gasteiger partial charge on any atom is -0.489 e. The summed E-state index contributed by atoms with van der Waals surface area (Å²) in [6, 6.07) is 11.8. The van der Waals surface area contributed by atoms with Crippen LogP contribution in [-0.4, -0.2) is 6.61 Å². The molecule has 2 aromatic rings.